The summed E-state index contributed by atoms with van der Waals surface area (Å²) in [5.41, 5.74) is 11.8. The Kier molecular flexibility index (Phi) is 8.27. The zero-order valence-electron chi connectivity index (χ0n) is 28.6. The predicted molar refractivity (Wildman–Crippen MR) is 210 cm³/mol. The number of carbonyl (C=O) groups is 1. The molecule has 6 aromatic carbocycles. The van der Waals surface area contributed by atoms with Crippen LogP contribution in [0.1, 0.15) is 21.8 Å². The molecule has 0 bridgehead atoms. The third kappa shape index (κ3) is 6.11. The van der Waals surface area contributed by atoms with Gasteiger partial charge in [0.05, 0.1) is 18.2 Å². The second kappa shape index (κ2) is 13.7. The first-order valence-electron chi connectivity index (χ1n) is 17.6. The van der Waals surface area contributed by atoms with Gasteiger partial charge in [-0.25, -0.2) is 15.0 Å². The fourth-order valence-corrected chi connectivity index (χ4v) is 7.11. The first-order chi connectivity index (χ1) is 26.1. The number of aliphatic hydroxyl groups excluding tert-OH is 1. The monoisotopic (exact) mass is 684 g/mol. The van der Waals surface area contributed by atoms with Crippen LogP contribution in [0, 0.1) is 0 Å². The van der Waals surface area contributed by atoms with Gasteiger partial charge in [0, 0.05) is 34.0 Å². The Morgan fingerprint density at radius 3 is 1.62 bits per heavy atom. The van der Waals surface area contributed by atoms with Crippen LogP contribution in [0.5, 0.6) is 0 Å². The predicted octanol–water partition coefficient (Wildman–Crippen LogP) is 10.2. The van der Waals surface area contributed by atoms with Gasteiger partial charge in [-0.1, -0.05) is 127 Å². The van der Waals surface area contributed by atoms with E-state index in [0.717, 1.165) is 66.9 Å². The smallest absolute Gasteiger partial charge is 0.173 e. The number of nitrogens with zero attached hydrogens (tertiary/aromatic N) is 4. The zero-order chi connectivity index (χ0) is 35.7. The Balaban J connectivity index is 1.23. The van der Waals surface area contributed by atoms with Gasteiger partial charge in [-0.2, -0.15) is 0 Å². The molecule has 0 fully saturated rings. The second-order valence-corrected chi connectivity index (χ2v) is 13.1. The fourth-order valence-electron chi connectivity index (χ4n) is 7.11. The van der Waals surface area contributed by atoms with Crippen molar-refractivity contribution >= 4 is 5.78 Å². The normalized spacial score (nSPS) is 13.3. The molecule has 1 atom stereocenters. The summed E-state index contributed by atoms with van der Waals surface area (Å²) >= 11 is 0. The van der Waals surface area contributed by atoms with E-state index in [-0.39, 0.29) is 12.4 Å². The number of hydrogen-bond acceptors (Lipinski definition) is 6. The van der Waals surface area contributed by atoms with E-state index in [0.29, 0.717) is 23.0 Å². The van der Waals surface area contributed by atoms with E-state index in [1.165, 1.54) is 0 Å². The molecule has 0 saturated carbocycles. The lowest BCUT2D eigenvalue weighted by atomic mass is 9.77. The van der Waals surface area contributed by atoms with Gasteiger partial charge in [0.15, 0.2) is 23.3 Å². The molecule has 0 radical (unpaired) electrons. The summed E-state index contributed by atoms with van der Waals surface area (Å²) in [4.78, 5) is 33.1. The molecular formula is C47H32N4O2. The Hall–Kier alpha value is -6.89. The van der Waals surface area contributed by atoms with Crippen molar-refractivity contribution in [2.75, 3.05) is 6.61 Å². The van der Waals surface area contributed by atoms with Gasteiger partial charge >= 0.3 is 0 Å². The standard InChI is InChI=1S/C47H32N4O2/c52-29-42-39-16-8-7-15-38(39)41-28-34(22-23-40(41)44(42)53)36-25-35(30-18-20-31(21-19-30)43-17-9-10-24-48-43)26-37(27-36)47-50-45(32-11-3-1-4-12-32)49-46(51-47)33-13-5-2-6-14-33/h1-28,42,52H,29H2. The topological polar surface area (TPSA) is 88.9 Å². The maximum absolute atomic E-state index is 13.6. The van der Waals surface area contributed by atoms with Gasteiger partial charge in [0.2, 0.25) is 0 Å². The SMILES string of the molecule is O=C1c2ccc(-c3cc(-c4ccc(-c5ccccn5)cc4)cc(-c4nc(-c5ccccc5)nc(-c5ccccc5)n4)c3)cc2-c2ccccc2C1CO. The van der Waals surface area contributed by atoms with Crippen LogP contribution in [-0.2, 0) is 0 Å². The molecular weight excluding hydrogens is 653 g/mol. The minimum Gasteiger partial charge on any atom is -0.395 e. The van der Waals surface area contributed by atoms with Crippen molar-refractivity contribution in [3.05, 3.63) is 181 Å². The molecule has 1 unspecified atom stereocenters. The van der Waals surface area contributed by atoms with Crippen LogP contribution in [0.2, 0.25) is 0 Å². The summed E-state index contributed by atoms with van der Waals surface area (Å²) in [5.74, 6) is 1.08. The average molecular weight is 685 g/mol. The number of ketones is 1. The summed E-state index contributed by atoms with van der Waals surface area (Å²) in [6, 6.07) is 54.5. The quantitative estimate of drug-likeness (QED) is 0.180. The van der Waals surface area contributed by atoms with Crippen molar-refractivity contribution in [1.29, 1.82) is 0 Å². The van der Waals surface area contributed by atoms with Crippen molar-refractivity contribution in [3.8, 4) is 78.8 Å². The molecule has 0 amide bonds. The molecule has 2 aromatic heterocycles. The van der Waals surface area contributed by atoms with Crippen LogP contribution in [0.15, 0.2) is 170 Å². The molecule has 9 rings (SSSR count). The Bertz CT molecular complexity index is 2550. The lowest BCUT2D eigenvalue weighted by Gasteiger charge is -2.26. The van der Waals surface area contributed by atoms with E-state index in [2.05, 4.69) is 53.5 Å². The number of pyridine rings is 1. The van der Waals surface area contributed by atoms with Gasteiger partial charge in [-0.05, 0) is 75.3 Å². The molecule has 6 heteroatoms. The highest BCUT2D eigenvalue weighted by molar-refractivity contribution is 6.11. The third-order valence-corrected chi connectivity index (χ3v) is 9.81. The molecule has 53 heavy (non-hydrogen) atoms. The summed E-state index contributed by atoms with van der Waals surface area (Å²) in [7, 11) is 0. The van der Waals surface area contributed by atoms with Crippen LogP contribution in [0.25, 0.3) is 78.8 Å². The molecule has 252 valence electrons. The number of aromatic nitrogens is 4. The molecule has 0 saturated heterocycles. The van der Waals surface area contributed by atoms with Crippen LogP contribution < -0.4 is 0 Å². The largest absolute Gasteiger partial charge is 0.395 e. The van der Waals surface area contributed by atoms with Crippen molar-refractivity contribution in [1.82, 2.24) is 19.9 Å². The number of fused-ring (bicyclic) bond motifs is 3. The molecule has 1 N–H and O–H groups in total. The van der Waals surface area contributed by atoms with Gasteiger partial charge in [0.25, 0.3) is 0 Å². The summed E-state index contributed by atoms with van der Waals surface area (Å²) < 4.78 is 0. The van der Waals surface area contributed by atoms with Crippen LogP contribution in [-0.4, -0.2) is 37.4 Å². The molecule has 0 spiro atoms. The van der Waals surface area contributed by atoms with E-state index >= 15 is 0 Å². The summed E-state index contributed by atoms with van der Waals surface area (Å²) in [5, 5.41) is 10.2. The number of aliphatic hydroxyl groups is 1. The van der Waals surface area contributed by atoms with E-state index < -0.39 is 5.92 Å². The Morgan fingerprint density at radius 2 is 0.981 bits per heavy atom. The van der Waals surface area contributed by atoms with Crippen LogP contribution in [0.4, 0.5) is 0 Å². The molecule has 6 nitrogen and oxygen atoms in total. The van der Waals surface area contributed by atoms with Crippen LogP contribution >= 0.6 is 0 Å². The van der Waals surface area contributed by atoms with E-state index in [1.54, 1.807) is 6.20 Å². The zero-order valence-corrected chi connectivity index (χ0v) is 28.6. The third-order valence-electron chi connectivity index (χ3n) is 9.81. The van der Waals surface area contributed by atoms with E-state index in [4.69, 9.17) is 15.0 Å². The number of carbonyl (C=O) groups excluding carboxylic acids is 1. The minimum absolute atomic E-state index is 0.0674. The highest BCUT2D eigenvalue weighted by Gasteiger charge is 2.31. The van der Waals surface area contributed by atoms with Gasteiger partial charge in [0.1, 0.15) is 0 Å². The molecule has 2 heterocycles. The number of rotatable bonds is 7. The molecule has 8 aromatic rings. The van der Waals surface area contributed by atoms with Crippen molar-refractivity contribution < 1.29 is 9.90 Å². The second-order valence-electron chi connectivity index (χ2n) is 13.1. The first-order valence-corrected chi connectivity index (χ1v) is 17.6. The van der Waals surface area contributed by atoms with Gasteiger partial charge < -0.3 is 5.11 Å². The van der Waals surface area contributed by atoms with Crippen molar-refractivity contribution in [2.45, 2.75) is 5.92 Å². The number of Topliss-reactive ketones (excluding diaryl/α,β-unsaturated/α-hetero) is 1. The average Bonchev–Trinajstić information content (AvgIpc) is 3.24. The Labute approximate surface area is 307 Å². The van der Waals surface area contributed by atoms with Crippen molar-refractivity contribution in [3.63, 3.8) is 0 Å². The lowest BCUT2D eigenvalue weighted by Crippen LogP contribution is -2.22. The summed E-state index contributed by atoms with van der Waals surface area (Å²) in [6.45, 7) is -0.233. The molecule has 0 aliphatic heterocycles. The first kappa shape index (κ1) is 32.0. The lowest BCUT2D eigenvalue weighted by molar-refractivity contribution is 0.0920. The maximum atomic E-state index is 13.6. The maximum Gasteiger partial charge on any atom is 0.173 e. The van der Waals surface area contributed by atoms with Gasteiger partial charge in [-0.15, -0.1) is 0 Å². The van der Waals surface area contributed by atoms with Gasteiger partial charge in [-0.3, -0.25) is 9.78 Å². The number of hydrogen-bond donors (Lipinski definition) is 1. The highest BCUT2D eigenvalue weighted by Crippen LogP contribution is 2.42. The van der Waals surface area contributed by atoms with E-state index in [9.17, 15) is 9.90 Å². The Morgan fingerprint density at radius 1 is 0.434 bits per heavy atom. The fraction of sp³-hybridized carbons (Fsp3) is 0.0426. The molecule has 1 aliphatic carbocycles. The van der Waals surface area contributed by atoms with Crippen LogP contribution in [0.3, 0.4) is 0 Å². The molecule has 1 aliphatic rings. The number of benzene rings is 6. The van der Waals surface area contributed by atoms with Crippen molar-refractivity contribution in [2.24, 2.45) is 0 Å². The highest BCUT2D eigenvalue weighted by atomic mass is 16.3. The minimum atomic E-state index is -0.574. The van der Waals surface area contributed by atoms with E-state index in [1.807, 2.05) is 115 Å². The summed E-state index contributed by atoms with van der Waals surface area (Å²) in [6.07, 6.45) is 1.80.